The third kappa shape index (κ3) is 14.1. The Morgan fingerprint density at radius 2 is 1.10 bits per heavy atom. The minimum absolute atomic E-state index is 0.0459. The van der Waals surface area contributed by atoms with Crippen LogP contribution < -0.4 is 10.8 Å². The predicted octanol–water partition coefficient (Wildman–Crippen LogP) is 7.48. The lowest BCUT2D eigenvalue weighted by molar-refractivity contribution is 0.0953. The monoisotopic (exact) mass is 404 g/mol. The van der Waals surface area contributed by atoms with Crippen LogP contribution in [0.25, 0.3) is 0 Å². The van der Waals surface area contributed by atoms with Crippen LogP contribution in [0.1, 0.15) is 120 Å². The first-order valence-electron chi connectivity index (χ1n) is 12.1. The highest BCUT2D eigenvalue weighted by Crippen LogP contribution is 2.13. The first-order valence-corrected chi connectivity index (χ1v) is 12.1. The van der Waals surface area contributed by atoms with Gasteiger partial charge in [-0.15, -0.1) is 0 Å². The van der Waals surface area contributed by atoms with Crippen LogP contribution >= 0.6 is 0 Å². The largest absolute Gasteiger partial charge is 0.352 e. The van der Waals surface area contributed by atoms with Crippen LogP contribution in [-0.2, 0) is 0 Å². The summed E-state index contributed by atoms with van der Waals surface area (Å²) in [5, 5.41) is 11.7. The van der Waals surface area contributed by atoms with Gasteiger partial charge in [-0.05, 0) is 30.7 Å². The molecule has 0 saturated carbocycles. The lowest BCUT2D eigenvalue weighted by atomic mass is 10.0. The Labute approximate surface area is 178 Å². The minimum Gasteiger partial charge on any atom is -0.352 e. The van der Waals surface area contributed by atoms with Crippen molar-refractivity contribution in [1.82, 2.24) is 5.32 Å². The van der Waals surface area contributed by atoms with Gasteiger partial charge in [0.1, 0.15) is 0 Å². The fraction of sp³-hybridized carbons (Fsp3) is 0.720. The maximum absolute atomic E-state index is 12.0. The van der Waals surface area contributed by atoms with Gasteiger partial charge >= 0.3 is 0 Å². The summed E-state index contributed by atoms with van der Waals surface area (Å²) in [5.74, 6) is -0.0459. The number of carbonyl (C=O) groups excluding carboxylic acids is 1. The summed E-state index contributed by atoms with van der Waals surface area (Å²) in [6.45, 7) is 3.01. The van der Waals surface area contributed by atoms with Crippen LogP contribution in [0.15, 0.2) is 24.3 Å². The van der Waals surface area contributed by atoms with Crippen LogP contribution in [0.2, 0.25) is 0 Å². The molecule has 0 spiro atoms. The molecule has 0 unspecified atom stereocenters. The second-order valence-electron chi connectivity index (χ2n) is 8.25. The van der Waals surface area contributed by atoms with Crippen molar-refractivity contribution >= 4 is 11.6 Å². The lowest BCUT2D eigenvalue weighted by Gasteiger charge is -2.06. The van der Waals surface area contributed by atoms with Crippen LogP contribution in [0.4, 0.5) is 5.69 Å². The zero-order valence-electron chi connectivity index (χ0n) is 18.7. The Balaban J connectivity index is 1.81. The van der Waals surface area contributed by atoms with Gasteiger partial charge in [-0.3, -0.25) is 15.5 Å². The molecule has 1 aromatic carbocycles. The predicted molar refractivity (Wildman–Crippen MR) is 124 cm³/mol. The Kier molecular flexibility index (Phi) is 16.2. The molecule has 4 nitrogen and oxygen atoms in total. The van der Waals surface area contributed by atoms with Crippen LogP contribution in [0, 0.1) is 0 Å². The van der Waals surface area contributed by atoms with E-state index in [-0.39, 0.29) is 5.91 Å². The highest BCUT2D eigenvalue weighted by molar-refractivity contribution is 5.94. The average Bonchev–Trinajstić information content (AvgIpc) is 2.75. The van der Waals surface area contributed by atoms with E-state index in [1.807, 2.05) is 0 Å². The topological polar surface area (TPSA) is 61.4 Å². The van der Waals surface area contributed by atoms with E-state index >= 15 is 0 Å². The number of hydrogen-bond acceptors (Lipinski definition) is 3. The van der Waals surface area contributed by atoms with E-state index in [2.05, 4.69) is 17.7 Å². The van der Waals surface area contributed by atoms with Gasteiger partial charge in [0, 0.05) is 12.1 Å². The van der Waals surface area contributed by atoms with Gasteiger partial charge in [0.2, 0.25) is 0 Å². The summed E-state index contributed by atoms with van der Waals surface area (Å²) >= 11 is 0. The van der Waals surface area contributed by atoms with Crippen molar-refractivity contribution in [2.24, 2.45) is 0 Å². The smallest absolute Gasteiger partial charge is 0.251 e. The molecule has 0 heterocycles. The molecule has 1 aromatic rings. The van der Waals surface area contributed by atoms with Gasteiger partial charge in [-0.1, -0.05) is 103 Å². The number of carbonyl (C=O) groups is 1. The Morgan fingerprint density at radius 1 is 0.690 bits per heavy atom. The molecule has 1 amide bonds. The van der Waals surface area contributed by atoms with E-state index in [1.54, 1.807) is 24.3 Å². The number of hydrogen-bond donors (Lipinski definition) is 3. The van der Waals surface area contributed by atoms with E-state index in [1.165, 1.54) is 96.3 Å². The number of anilines is 1. The molecule has 0 aliphatic rings. The van der Waals surface area contributed by atoms with Crippen molar-refractivity contribution in [1.29, 1.82) is 0 Å². The van der Waals surface area contributed by atoms with Gasteiger partial charge in [-0.2, -0.15) is 0 Å². The second kappa shape index (κ2) is 18.5. The summed E-state index contributed by atoms with van der Waals surface area (Å²) in [6.07, 6.45) is 21.7. The Morgan fingerprint density at radius 3 is 1.52 bits per heavy atom. The molecule has 0 fully saturated rings. The average molecular weight is 405 g/mol. The highest BCUT2D eigenvalue weighted by atomic mass is 16.5. The fourth-order valence-electron chi connectivity index (χ4n) is 3.67. The molecule has 3 N–H and O–H groups in total. The van der Waals surface area contributed by atoms with Crippen LogP contribution in [0.5, 0.6) is 0 Å². The van der Waals surface area contributed by atoms with Gasteiger partial charge in [0.15, 0.2) is 0 Å². The quantitative estimate of drug-likeness (QED) is 0.165. The molecular weight excluding hydrogens is 360 g/mol. The molecule has 4 heteroatoms. The van der Waals surface area contributed by atoms with Crippen LogP contribution in [0.3, 0.4) is 0 Å². The van der Waals surface area contributed by atoms with Crippen LogP contribution in [-0.4, -0.2) is 17.7 Å². The first-order chi connectivity index (χ1) is 14.3. The van der Waals surface area contributed by atoms with Crippen molar-refractivity contribution in [3.63, 3.8) is 0 Å². The van der Waals surface area contributed by atoms with Gasteiger partial charge in [0.25, 0.3) is 5.91 Å². The summed E-state index contributed by atoms with van der Waals surface area (Å²) < 4.78 is 0. The van der Waals surface area contributed by atoms with Crippen molar-refractivity contribution in [3.8, 4) is 0 Å². The normalized spacial score (nSPS) is 10.8. The van der Waals surface area contributed by atoms with Crippen molar-refractivity contribution in [2.45, 2.75) is 110 Å². The SMILES string of the molecule is CCCCCCCCCCCCCCCCCCNC(=O)c1ccc(NO)cc1. The molecule has 0 aromatic heterocycles. The first kappa shape index (κ1) is 25.5. The standard InChI is InChI=1S/C25H44N2O2/c1-2-3-4-5-6-7-8-9-10-11-12-13-14-15-16-17-22-26-25(28)23-18-20-24(27-29)21-19-23/h18-21,27,29H,2-17,22H2,1H3,(H,26,28). The highest BCUT2D eigenvalue weighted by Gasteiger charge is 2.04. The van der Waals surface area contributed by atoms with E-state index in [0.717, 1.165) is 13.0 Å². The number of amides is 1. The number of benzene rings is 1. The summed E-state index contributed by atoms with van der Waals surface area (Å²) in [4.78, 5) is 12.0. The van der Waals surface area contributed by atoms with Gasteiger partial charge in [0.05, 0.1) is 5.69 Å². The van der Waals surface area contributed by atoms with Gasteiger partial charge in [-0.25, -0.2) is 0 Å². The zero-order valence-corrected chi connectivity index (χ0v) is 18.7. The molecule has 29 heavy (non-hydrogen) atoms. The summed E-state index contributed by atoms with van der Waals surface area (Å²) in [6, 6.07) is 6.79. The third-order valence-corrected chi connectivity index (χ3v) is 5.59. The number of unbranched alkanes of at least 4 members (excludes halogenated alkanes) is 15. The molecule has 0 aliphatic carbocycles. The Bertz CT molecular complexity index is 502. The van der Waals surface area contributed by atoms with Crippen molar-refractivity contribution in [3.05, 3.63) is 29.8 Å². The third-order valence-electron chi connectivity index (χ3n) is 5.59. The van der Waals surface area contributed by atoms with Crippen molar-refractivity contribution in [2.75, 3.05) is 12.0 Å². The molecule has 1 rings (SSSR count). The number of rotatable bonds is 19. The maximum atomic E-state index is 12.0. The zero-order chi connectivity index (χ0) is 21.0. The maximum Gasteiger partial charge on any atom is 0.251 e. The molecule has 0 saturated heterocycles. The second-order valence-corrected chi connectivity index (χ2v) is 8.25. The summed E-state index contributed by atoms with van der Waals surface area (Å²) in [7, 11) is 0. The Hall–Kier alpha value is -1.55. The lowest BCUT2D eigenvalue weighted by Crippen LogP contribution is -2.24. The minimum atomic E-state index is -0.0459. The molecule has 166 valence electrons. The van der Waals surface area contributed by atoms with E-state index < -0.39 is 0 Å². The molecular formula is C25H44N2O2. The fourth-order valence-corrected chi connectivity index (χ4v) is 3.67. The van der Waals surface area contributed by atoms with Crippen molar-refractivity contribution < 1.29 is 10.0 Å². The number of nitrogens with one attached hydrogen (secondary N) is 2. The molecule has 0 atom stereocenters. The van der Waals surface area contributed by atoms with E-state index in [0.29, 0.717) is 11.3 Å². The van der Waals surface area contributed by atoms with E-state index in [9.17, 15) is 4.79 Å². The summed E-state index contributed by atoms with van der Waals surface area (Å²) in [5.41, 5.74) is 3.27. The molecule has 0 aliphatic heterocycles. The van der Waals surface area contributed by atoms with Gasteiger partial charge < -0.3 is 5.32 Å². The molecule has 0 bridgehead atoms. The molecule has 0 radical (unpaired) electrons. The van der Waals surface area contributed by atoms with E-state index in [4.69, 9.17) is 5.21 Å².